The molecular formula is C13H15ClN4O3. The fourth-order valence-electron chi connectivity index (χ4n) is 1.87. The molecular weight excluding hydrogens is 296 g/mol. The standard InChI is InChI=1S/C13H15ClN4O3/c1-20-12-16-11(17-13(18-12)21-2)8(6-19)7-4-3-5-9(14)10(7)15/h3-5,8,19H,6,15H2,1-2H3. The van der Waals surface area contributed by atoms with Gasteiger partial charge < -0.3 is 20.3 Å². The fraction of sp³-hybridized carbons (Fsp3) is 0.308. The first-order valence-electron chi connectivity index (χ1n) is 6.09. The lowest BCUT2D eigenvalue weighted by Crippen LogP contribution is -2.14. The molecule has 0 bridgehead atoms. The maximum absolute atomic E-state index is 9.69. The summed E-state index contributed by atoms with van der Waals surface area (Å²) in [6.45, 7) is -0.249. The molecule has 1 unspecified atom stereocenters. The Kier molecular flexibility index (Phi) is 4.77. The van der Waals surface area contributed by atoms with Crippen molar-refractivity contribution < 1.29 is 14.6 Å². The molecule has 21 heavy (non-hydrogen) atoms. The summed E-state index contributed by atoms with van der Waals surface area (Å²) in [5, 5.41) is 10.1. The number of benzene rings is 1. The van der Waals surface area contributed by atoms with E-state index in [4.69, 9.17) is 26.8 Å². The van der Waals surface area contributed by atoms with Crippen molar-refractivity contribution in [1.29, 1.82) is 0 Å². The summed E-state index contributed by atoms with van der Waals surface area (Å²) in [5.41, 5.74) is 6.96. The van der Waals surface area contributed by atoms with Crippen molar-refractivity contribution in [3.63, 3.8) is 0 Å². The van der Waals surface area contributed by atoms with Gasteiger partial charge in [0, 0.05) is 0 Å². The number of halogens is 1. The van der Waals surface area contributed by atoms with Crippen molar-refractivity contribution in [3.05, 3.63) is 34.6 Å². The van der Waals surface area contributed by atoms with Gasteiger partial charge in [-0.05, 0) is 11.6 Å². The zero-order valence-electron chi connectivity index (χ0n) is 11.6. The molecule has 0 saturated carbocycles. The number of aliphatic hydroxyl groups is 1. The van der Waals surface area contributed by atoms with E-state index in [0.29, 0.717) is 16.3 Å². The molecule has 2 rings (SSSR count). The van der Waals surface area contributed by atoms with Crippen molar-refractivity contribution >= 4 is 17.3 Å². The molecule has 0 aliphatic heterocycles. The highest BCUT2D eigenvalue weighted by atomic mass is 35.5. The lowest BCUT2D eigenvalue weighted by atomic mass is 9.97. The van der Waals surface area contributed by atoms with Crippen molar-refractivity contribution in [1.82, 2.24) is 15.0 Å². The van der Waals surface area contributed by atoms with E-state index in [1.807, 2.05) is 0 Å². The lowest BCUT2D eigenvalue weighted by Gasteiger charge is -2.16. The third-order valence-corrected chi connectivity index (χ3v) is 3.26. The van der Waals surface area contributed by atoms with Crippen LogP contribution in [-0.2, 0) is 0 Å². The van der Waals surface area contributed by atoms with Crippen LogP contribution in [0.1, 0.15) is 17.3 Å². The van der Waals surface area contributed by atoms with Crippen LogP contribution >= 0.6 is 11.6 Å². The molecule has 1 heterocycles. The van der Waals surface area contributed by atoms with Gasteiger partial charge in [0.1, 0.15) is 5.82 Å². The summed E-state index contributed by atoms with van der Waals surface area (Å²) < 4.78 is 10.0. The minimum atomic E-state index is -0.561. The summed E-state index contributed by atoms with van der Waals surface area (Å²) in [7, 11) is 2.86. The predicted octanol–water partition coefficient (Wildman–Crippen LogP) is 1.25. The van der Waals surface area contributed by atoms with E-state index in [1.54, 1.807) is 18.2 Å². The smallest absolute Gasteiger partial charge is 0.322 e. The van der Waals surface area contributed by atoms with Gasteiger partial charge in [0.25, 0.3) is 0 Å². The van der Waals surface area contributed by atoms with Crippen LogP contribution < -0.4 is 15.2 Å². The number of aliphatic hydroxyl groups excluding tert-OH is 1. The van der Waals surface area contributed by atoms with E-state index in [-0.39, 0.29) is 24.5 Å². The Bertz CT molecular complexity index is 617. The Hall–Kier alpha value is -2.12. The third-order valence-electron chi connectivity index (χ3n) is 2.93. The molecule has 3 N–H and O–H groups in total. The minimum absolute atomic E-state index is 0.0934. The van der Waals surface area contributed by atoms with Gasteiger partial charge >= 0.3 is 12.0 Å². The molecule has 0 amide bonds. The average molecular weight is 311 g/mol. The second-order valence-electron chi connectivity index (χ2n) is 4.14. The molecule has 0 fully saturated rings. The van der Waals surface area contributed by atoms with E-state index in [9.17, 15) is 5.11 Å². The van der Waals surface area contributed by atoms with Gasteiger partial charge in [-0.2, -0.15) is 9.97 Å². The average Bonchev–Trinajstić information content (AvgIpc) is 2.51. The van der Waals surface area contributed by atoms with E-state index in [2.05, 4.69) is 15.0 Å². The highest BCUT2D eigenvalue weighted by molar-refractivity contribution is 6.33. The van der Waals surface area contributed by atoms with Crippen molar-refractivity contribution in [3.8, 4) is 12.0 Å². The Morgan fingerprint density at radius 2 is 1.81 bits per heavy atom. The van der Waals surface area contributed by atoms with Crippen LogP contribution in [0.5, 0.6) is 12.0 Å². The lowest BCUT2D eigenvalue weighted by molar-refractivity contribution is 0.272. The summed E-state index contributed by atoms with van der Waals surface area (Å²) >= 11 is 6.01. The summed E-state index contributed by atoms with van der Waals surface area (Å²) in [6.07, 6.45) is 0. The van der Waals surface area contributed by atoms with Crippen molar-refractivity contribution in [2.75, 3.05) is 26.6 Å². The van der Waals surface area contributed by atoms with Crippen molar-refractivity contribution in [2.24, 2.45) is 0 Å². The number of anilines is 1. The van der Waals surface area contributed by atoms with Gasteiger partial charge in [0.05, 0.1) is 37.5 Å². The monoisotopic (exact) mass is 310 g/mol. The van der Waals surface area contributed by atoms with Crippen LogP contribution in [-0.4, -0.2) is 40.9 Å². The highest BCUT2D eigenvalue weighted by Gasteiger charge is 2.22. The molecule has 0 aliphatic rings. The van der Waals surface area contributed by atoms with Gasteiger partial charge in [-0.25, -0.2) is 0 Å². The van der Waals surface area contributed by atoms with Crippen LogP contribution in [0.25, 0.3) is 0 Å². The first kappa shape index (κ1) is 15.3. The van der Waals surface area contributed by atoms with Crippen LogP contribution in [0, 0.1) is 0 Å². The summed E-state index contributed by atoms with van der Waals surface area (Å²) in [6, 6.07) is 5.35. The van der Waals surface area contributed by atoms with Crippen LogP contribution in [0.2, 0.25) is 5.02 Å². The van der Waals surface area contributed by atoms with Crippen LogP contribution in [0.15, 0.2) is 18.2 Å². The molecule has 7 nitrogen and oxygen atoms in total. The Morgan fingerprint density at radius 1 is 1.19 bits per heavy atom. The van der Waals surface area contributed by atoms with Gasteiger partial charge in [0.2, 0.25) is 0 Å². The number of methoxy groups -OCH3 is 2. The number of nitrogens with two attached hydrogens (primary N) is 1. The molecule has 1 aromatic heterocycles. The number of nitrogen functional groups attached to an aromatic ring is 1. The fourth-order valence-corrected chi connectivity index (χ4v) is 2.05. The molecule has 2 aromatic rings. The SMILES string of the molecule is COc1nc(OC)nc(C(CO)c2cccc(Cl)c2N)n1. The molecule has 112 valence electrons. The molecule has 1 atom stereocenters. The normalized spacial score (nSPS) is 12.0. The summed E-state index contributed by atoms with van der Waals surface area (Å²) in [5.74, 6) is -0.273. The third kappa shape index (κ3) is 3.14. The van der Waals surface area contributed by atoms with E-state index in [1.165, 1.54) is 14.2 Å². The number of hydrogen-bond donors (Lipinski definition) is 2. The quantitative estimate of drug-likeness (QED) is 0.801. The first-order valence-corrected chi connectivity index (χ1v) is 6.47. The first-order chi connectivity index (χ1) is 10.1. The number of ether oxygens (including phenoxy) is 2. The number of rotatable bonds is 5. The van der Waals surface area contributed by atoms with Crippen LogP contribution in [0.4, 0.5) is 5.69 Å². The second kappa shape index (κ2) is 6.55. The van der Waals surface area contributed by atoms with Crippen LogP contribution in [0.3, 0.4) is 0 Å². The summed E-state index contributed by atoms with van der Waals surface area (Å²) in [4.78, 5) is 12.2. The predicted molar refractivity (Wildman–Crippen MR) is 77.7 cm³/mol. The van der Waals surface area contributed by atoms with E-state index < -0.39 is 5.92 Å². The van der Waals surface area contributed by atoms with Gasteiger partial charge in [-0.15, -0.1) is 4.98 Å². The van der Waals surface area contributed by atoms with Gasteiger partial charge in [0.15, 0.2) is 0 Å². The zero-order chi connectivity index (χ0) is 15.4. The number of aromatic nitrogens is 3. The highest BCUT2D eigenvalue weighted by Crippen LogP contribution is 2.32. The molecule has 0 spiro atoms. The van der Waals surface area contributed by atoms with E-state index in [0.717, 1.165) is 0 Å². The number of hydrogen-bond acceptors (Lipinski definition) is 7. The second-order valence-corrected chi connectivity index (χ2v) is 4.55. The Morgan fingerprint density at radius 3 is 2.33 bits per heavy atom. The molecule has 8 heteroatoms. The molecule has 0 aliphatic carbocycles. The zero-order valence-corrected chi connectivity index (χ0v) is 12.3. The van der Waals surface area contributed by atoms with Crippen molar-refractivity contribution in [2.45, 2.75) is 5.92 Å². The Balaban J connectivity index is 2.53. The van der Waals surface area contributed by atoms with E-state index >= 15 is 0 Å². The largest absolute Gasteiger partial charge is 0.467 e. The number of nitrogens with zero attached hydrogens (tertiary/aromatic N) is 3. The topological polar surface area (TPSA) is 103 Å². The number of para-hydroxylation sites is 1. The molecule has 1 aromatic carbocycles. The molecule has 0 saturated heterocycles. The Labute approximate surface area is 126 Å². The maximum atomic E-state index is 9.69. The van der Waals surface area contributed by atoms with Gasteiger partial charge in [-0.1, -0.05) is 23.7 Å². The maximum Gasteiger partial charge on any atom is 0.322 e. The van der Waals surface area contributed by atoms with Gasteiger partial charge in [-0.3, -0.25) is 0 Å². The molecule has 0 radical (unpaired) electrons. The minimum Gasteiger partial charge on any atom is -0.467 e.